The molecule has 0 saturated heterocycles. The minimum absolute atomic E-state index is 0.0329. The summed E-state index contributed by atoms with van der Waals surface area (Å²) in [6, 6.07) is 2.35. The van der Waals surface area contributed by atoms with Gasteiger partial charge >= 0.3 is 5.97 Å². The molecule has 0 aliphatic carbocycles. The molecule has 0 aliphatic heterocycles. The van der Waals surface area contributed by atoms with Crippen LogP contribution in [0.2, 0.25) is 0 Å². The number of amides is 1. The molecule has 9 nitrogen and oxygen atoms in total. The van der Waals surface area contributed by atoms with E-state index in [1.54, 1.807) is 0 Å². The highest BCUT2D eigenvalue weighted by molar-refractivity contribution is 7.85. The number of benzene rings is 1. The van der Waals surface area contributed by atoms with Crippen molar-refractivity contribution in [1.29, 1.82) is 0 Å². The minimum atomic E-state index is -4.62. The number of carbonyl (C=O) groups is 3. The molecule has 10 heteroatoms. The molecule has 1 amide bonds. The van der Waals surface area contributed by atoms with Gasteiger partial charge in [-0.15, -0.1) is 0 Å². The molecule has 0 aliphatic rings. The van der Waals surface area contributed by atoms with Crippen molar-refractivity contribution < 1.29 is 37.2 Å². The number of carboxylic acid groups (broad SMARTS) is 1. The zero-order valence-electron chi connectivity index (χ0n) is 13.7. The van der Waals surface area contributed by atoms with Gasteiger partial charge in [-0.2, -0.15) is 8.42 Å². The number of carboxylic acids is 1. The zero-order valence-corrected chi connectivity index (χ0v) is 14.5. The van der Waals surface area contributed by atoms with Gasteiger partial charge in [0.25, 0.3) is 16.0 Å². The van der Waals surface area contributed by atoms with E-state index in [0.29, 0.717) is 6.42 Å². The molecular weight excluding hydrogens is 354 g/mol. The lowest BCUT2D eigenvalue weighted by Gasteiger charge is -2.16. The molecule has 3 N–H and O–H groups in total. The number of para-hydroxylation sites is 1. The Kier molecular flexibility index (Phi) is 7.07. The van der Waals surface area contributed by atoms with Crippen LogP contribution < -0.4 is 10.1 Å². The Balaban J connectivity index is 3.18. The first-order valence-corrected chi connectivity index (χ1v) is 8.90. The molecule has 1 atom stereocenters. The standard InChI is InChI=1S/C15H19NO8S/c1-3-5-12(17)9-6-4-7-10(13(9)24-2)14(18)16-11(15(19)20)8-25(21,22)23/h4,6-7,11H,3,5,8H2,1-2H3,(H,16,18)(H,19,20)(H,21,22,23)/t11-/m0/s1. The fraction of sp³-hybridized carbons (Fsp3) is 0.400. The number of ether oxygens (including phenoxy) is 1. The molecule has 25 heavy (non-hydrogen) atoms. The van der Waals surface area contributed by atoms with Gasteiger partial charge in [0.1, 0.15) is 17.5 Å². The monoisotopic (exact) mass is 373 g/mol. The fourth-order valence-corrected chi connectivity index (χ4v) is 2.79. The van der Waals surface area contributed by atoms with E-state index >= 15 is 0 Å². The second-order valence-corrected chi connectivity index (χ2v) is 6.67. The molecule has 0 spiro atoms. The van der Waals surface area contributed by atoms with Gasteiger partial charge in [0.2, 0.25) is 0 Å². The minimum Gasteiger partial charge on any atom is -0.495 e. The molecule has 1 aromatic rings. The van der Waals surface area contributed by atoms with Crippen molar-refractivity contribution in [3.63, 3.8) is 0 Å². The van der Waals surface area contributed by atoms with E-state index in [2.05, 4.69) is 0 Å². The van der Waals surface area contributed by atoms with Crippen LogP contribution in [0.5, 0.6) is 5.75 Å². The molecule has 0 heterocycles. The van der Waals surface area contributed by atoms with Gasteiger partial charge in [-0.3, -0.25) is 14.1 Å². The fourth-order valence-electron chi connectivity index (χ4n) is 2.14. The molecule has 1 rings (SSSR count). The van der Waals surface area contributed by atoms with Crippen molar-refractivity contribution in [2.45, 2.75) is 25.8 Å². The molecule has 0 bridgehead atoms. The van der Waals surface area contributed by atoms with Gasteiger partial charge in [0.15, 0.2) is 5.78 Å². The van der Waals surface area contributed by atoms with E-state index in [4.69, 9.17) is 14.4 Å². The Morgan fingerprint density at radius 3 is 2.32 bits per heavy atom. The van der Waals surface area contributed by atoms with Crippen LogP contribution in [0.3, 0.4) is 0 Å². The molecule has 0 saturated carbocycles. The maximum atomic E-state index is 12.3. The van der Waals surface area contributed by atoms with Crippen molar-refractivity contribution in [3.05, 3.63) is 29.3 Å². The molecular formula is C15H19NO8S. The SMILES string of the molecule is CCCC(=O)c1cccc(C(=O)N[C@@H](CS(=O)(=O)O)C(=O)O)c1OC. The largest absolute Gasteiger partial charge is 0.495 e. The maximum absolute atomic E-state index is 12.3. The number of nitrogens with one attached hydrogen (secondary N) is 1. The third kappa shape index (κ3) is 5.84. The van der Waals surface area contributed by atoms with Crippen molar-refractivity contribution in [2.75, 3.05) is 12.9 Å². The van der Waals surface area contributed by atoms with Crippen molar-refractivity contribution in [2.24, 2.45) is 0 Å². The Morgan fingerprint density at radius 2 is 1.84 bits per heavy atom. The van der Waals surface area contributed by atoms with Crippen LogP contribution in [0.25, 0.3) is 0 Å². The van der Waals surface area contributed by atoms with E-state index in [1.807, 2.05) is 12.2 Å². The van der Waals surface area contributed by atoms with Crippen LogP contribution in [0, 0.1) is 0 Å². The van der Waals surface area contributed by atoms with Gasteiger partial charge < -0.3 is 15.2 Å². The second kappa shape index (κ2) is 8.58. The average molecular weight is 373 g/mol. The van der Waals surface area contributed by atoms with Crippen LogP contribution in [0.1, 0.15) is 40.5 Å². The van der Waals surface area contributed by atoms with Crippen LogP contribution in [0.4, 0.5) is 0 Å². The summed E-state index contributed by atoms with van der Waals surface area (Å²) in [6.07, 6.45) is 0.829. The molecule has 0 unspecified atom stereocenters. The lowest BCUT2D eigenvalue weighted by molar-refractivity contribution is -0.138. The Hall–Kier alpha value is -2.46. The number of ketones is 1. The summed E-state index contributed by atoms with van der Waals surface area (Å²) in [5.74, 6) is -4.05. The van der Waals surface area contributed by atoms with Crippen LogP contribution in [-0.2, 0) is 14.9 Å². The highest BCUT2D eigenvalue weighted by atomic mass is 32.2. The van der Waals surface area contributed by atoms with Crippen LogP contribution in [0.15, 0.2) is 18.2 Å². The maximum Gasteiger partial charge on any atom is 0.327 e. The molecule has 0 radical (unpaired) electrons. The Morgan fingerprint density at radius 1 is 1.24 bits per heavy atom. The number of Topliss-reactive ketones (excluding diaryl/α,β-unsaturated/α-hetero) is 1. The summed E-state index contributed by atoms with van der Waals surface area (Å²) in [4.78, 5) is 35.5. The number of methoxy groups -OCH3 is 1. The Labute approximate surface area is 144 Å². The number of hydrogen-bond acceptors (Lipinski definition) is 6. The molecule has 138 valence electrons. The van der Waals surface area contributed by atoms with E-state index in [0.717, 1.165) is 0 Å². The van der Waals surface area contributed by atoms with Crippen LogP contribution >= 0.6 is 0 Å². The topological polar surface area (TPSA) is 147 Å². The van der Waals surface area contributed by atoms with Gasteiger partial charge in [0.05, 0.1) is 18.2 Å². The predicted octanol–water partition coefficient (Wildman–Crippen LogP) is 0.749. The zero-order chi connectivity index (χ0) is 19.2. The lowest BCUT2D eigenvalue weighted by atomic mass is 10.0. The number of aliphatic carboxylic acids is 1. The first kappa shape index (κ1) is 20.6. The summed E-state index contributed by atoms with van der Waals surface area (Å²) < 4.78 is 35.6. The van der Waals surface area contributed by atoms with Gasteiger partial charge in [-0.05, 0) is 18.6 Å². The average Bonchev–Trinajstić information content (AvgIpc) is 2.52. The molecule has 0 fully saturated rings. The summed E-state index contributed by atoms with van der Waals surface area (Å²) in [5, 5.41) is 11.0. The van der Waals surface area contributed by atoms with Crippen molar-refractivity contribution >= 4 is 27.8 Å². The lowest BCUT2D eigenvalue weighted by Crippen LogP contribution is -2.45. The Bertz CT molecular complexity index is 772. The van der Waals surface area contributed by atoms with E-state index in [1.165, 1.54) is 25.3 Å². The van der Waals surface area contributed by atoms with E-state index < -0.39 is 33.8 Å². The van der Waals surface area contributed by atoms with Gasteiger partial charge in [0, 0.05) is 6.42 Å². The van der Waals surface area contributed by atoms with Gasteiger partial charge in [-0.25, -0.2) is 4.79 Å². The third-order valence-corrected chi connectivity index (χ3v) is 3.98. The first-order valence-electron chi connectivity index (χ1n) is 7.29. The predicted molar refractivity (Wildman–Crippen MR) is 87.5 cm³/mol. The van der Waals surface area contributed by atoms with Crippen LogP contribution in [-0.4, -0.2) is 54.6 Å². The summed E-state index contributed by atoms with van der Waals surface area (Å²) in [7, 11) is -3.37. The number of hydrogen-bond donors (Lipinski definition) is 3. The van der Waals surface area contributed by atoms with E-state index in [-0.39, 0.29) is 29.1 Å². The van der Waals surface area contributed by atoms with Crippen molar-refractivity contribution in [3.8, 4) is 5.75 Å². The summed E-state index contributed by atoms with van der Waals surface area (Å²) >= 11 is 0. The van der Waals surface area contributed by atoms with Crippen molar-refractivity contribution in [1.82, 2.24) is 5.32 Å². The summed E-state index contributed by atoms with van der Waals surface area (Å²) in [6.45, 7) is 1.81. The first-order chi connectivity index (χ1) is 11.6. The van der Waals surface area contributed by atoms with Gasteiger partial charge in [-0.1, -0.05) is 13.0 Å². The quantitative estimate of drug-likeness (QED) is 0.424. The highest BCUT2D eigenvalue weighted by Gasteiger charge is 2.28. The number of carbonyl (C=O) groups excluding carboxylic acids is 2. The third-order valence-electron chi connectivity index (χ3n) is 3.22. The van der Waals surface area contributed by atoms with E-state index in [9.17, 15) is 22.8 Å². The highest BCUT2D eigenvalue weighted by Crippen LogP contribution is 2.25. The molecule has 0 aromatic heterocycles. The number of rotatable bonds is 9. The second-order valence-electron chi connectivity index (χ2n) is 5.17. The normalized spacial score (nSPS) is 12.3. The summed E-state index contributed by atoms with van der Waals surface area (Å²) in [5.41, 5.74) is 0.0460. The molecule has 1 aromatic carbocycles. The smallest absolute Gasteiger partial charge is 0.327 e.